The van der Waals surface area contributed by atoms with E-state index in [-0.39, 0.29) is 6.10 Å². The van der Waals surface area contributed by atoms with E-state index in [1.165, 1.54) is 0 Å². The van der Waals surface area contributed by atoms with Gasteiger partial charge in [-0.3, -0.25) is 4.79 Å². The molecule has 0 aromatic heterocycles. The van der Waals surface area contributed by atoms with Crippen molar-refractivity contribution in [1.82, 2.24) is 0 Å². The maximum Gasteiger partial charge on any atom is 0.294 e. The fourth-order valence-corrected chi connectivity index (χ4v) is 0.766. The van der Waals surface area contributed by atoms with Crippen molar-refractivity contribution in [2.24, 2.45) is 0 Å². The third-order valence-corrected chi connectivity index (χ3v) is 1.40. The maximum atomic E-state index is 9.74. The van der Waals surface area contributed by atoms with Crippen molar-refractivity contribution in [1.29, 1.82) is 0 Å². The van der Waals surface area contributed by atoms with Crippen molar-refractivity contribution < 1.29 is 14.3 Å². The number of alkyl halides is 1. The lowest BCUT2D eigenvalue weighted by molar-refractivity contribution is -0.131. The van der Waals surface area contributed by atoms with Gasteiger partial charge in [-0.25, -0.2) is 0 Å². The van der Waals surface area contributed by atoms with Crippen LogP contribution in [-0.4, -0.2) is 25.2 Å². The Morgan fingerprint density at radius 3 is 2.70 bits per heavy atom. The first-order chi connectivity index (χ1) is 4.70. The van der Waals surface area contributed by atoms with E-state index in [2.05, 4.69) is 4.74 Å². The second-order valence-corrected chi connectivity index (χ2v) is 2.41. The topological polar surface area (TPSA) is 35.5 Å². The molecular weight excluding hydrogens is 156 g/mol. The number of carbonyl (C=O) groups excluding carboxylic acids is 1. The molecular formula is C6H11ClO3. The Morgan fingerprint density at radius 2 is 2.30 bits per heavy atom. The molecule has 0 fully saturated rings. The van der Waals surface area contributed by atoms with Gasteiger partial charge in [-0.2, -0.15) is 0 Å². The van der Waals surface area contributed by atoms with Gasteiger partial charge in [0.05, 0.1) is 6.10 Å². The van der Waals surface area contributed by atoms with Gasteiger partial charge in [0.2, 0.25) is 0 Å². The molecule has 3 nitrogen and oxygen atoms in total. The number of methoxy groups -OCH3 is 1. The van der Waals surface area contributed by atoms with Crippen LogP contribution in [0.15, 0.2) is 0 Å². The zero-order chi connectivity index (χ0) is 7.98. The minimum absolute atomic E-state index is 0.0162. The second kappa shape index (κ2) is 5.50. The second-order valence-electron chi connectivity index (χ2n) is 1.92. The molecule has 0 aromatic rings. The van der Waals surface area contributed by atoms with Crippen LogP contribution in [0.2, 0.25) is 0 Å². The summed E-state index contributed by atoms with van der Waals surface area (Å²) in [6.45, 7) is 2.18. The minimum atomic E-state index is -0.576. The van der Waals surface area contributed by atoms with Crippen LogP contribution in [0.1, 0.15) is 13.3 Å². The van der Waals surface area contributed by atoms with Gasteiger partial charge in [-0.1, -0.05) is 11.6 Å². The minimum Gasteiger partial charge on any atom is -0.448 e. The summed E-state index contributed by atoms with van der Waals surface area (Å²) in [6.07, 6.45) is 0.527. The number of hydrogen-bond acceptors (Lipinski definition) is 3. The van der Waals surface area contributed by atoms with Crippen molar-refractivity contribution in [3.63, 3.8) is 0 Å². The molecule has 0 aliphatic heterocycles. The zero-order valence-electron chi connectivity index (χ0n) is 6.04. The third kappa shape index (κ3) is 4.58. The predicted octanol–water partition coefficient (Wildman–Crippen LogP) is 1.15. The Balaban J connectivity index is 3.35. The van der Waals surface area contributed by atoms with Gasteiger partial charge in [0.25, 0.3) is 6.47 Å². The third-order valence-electron chi connectivity index (χ3n) is 1.12. The van der Waals surface area contributed by atoms with Crippen molar-refractivity contribution >= 4 is 18.1 Å². The first-order valence-corrected chi connectivity index (χ1v) is 3.40. The van der Waals surface area contributed by atoms with Crippen LogP contribution in [0.3, 0.4) is 0 Å². The monoisotopic (exact) mass is 166 g/mol. The molecule has 0 aliphatic rings. The summed E-state index contributed by atoms with van der Waals surface area (Å²) in [5.41, 5.74) is -0.576. The molecule has 0 spiro atoms. The molecule has 4 heteroatoms. The van der Waals surface area contributed by atoms with Crippen molar-refractivity contribution in [3.05, 3.63) is 0 Å². The van der Waals surface area contributed by atoms with E-state index in [1.807, 2.05) is 6.92 Å². The number of hydrogen-bond donors (Lipinski definition) is 0. The molecule has 0 aromatic carbocycles. The van der Waals surface area contributed by atoms with Crippen molar-refractivity contribution in [2.45, 2.75) is 25.0 Å². The van der Waals surface area contributed by atoms with E-state index in [0.717, 1.165) is 0 Å². The molecule has 2 atom stereocenters. The lowest BCUT2D eigenvalue weighted by Crippen LogP contribution is -2.14. The van der Waals surface area contributed by atoms with Gasteiger partial charge in [0.15, 0.2) is 5.56 Å². The zero-order valence-corrected chi connectivity index (χ0v) is 6.80. The summed E-state index contributed by atoms with van der Waals surface area (Å²) in [7, 11) is 1.58. The van der Waals surface area contributed by atoms with E-state index < -0.39 is 5.56 Å². The van der Waals surface area contributed by atoms with Gasteiger partial charge in [-0.05, 0) is 6.92 Å². The number of ether oxygens (including phenoxy) is 2. The molecule has 60 valence electrons. The quantitative estimate of drug-likeness (QED) is 0.454. The Hall–Kier alpha value is -0.280. The largest absolute Gasteiger partial charge is 0.448 e. The van der Waals surface area contributed by atoms with E-state index >= 15 is 0 Å². The first-order valence-electron chi connectivity index (χ1n) is 2.96. The van der Waals surface area contributed by atoms with E-state index in [4.69, 9.17) is 16.3 Å². The van der Waals surface area contributed by atoms with Crippen LogP contribution in [0.5, 0.6) is 0 Å². The van der Waals surface area contributed by atoms with E-state index in [9.17, 15) is 4.79 Å². The van der Waals surface area contributed by atoms with Gasteiger partial charge < -0.3 is 9.47 Å². The first kappa shape index (κ1) is 9.72. The summed E-state index contributed by atoms with van der Waals surface area (Å²) in [5.74, 6) is 0. The molecule has 0 heterocycles. The molecule has 0 saturated heterocycles. The highest BCUT2D eigenvalue weighted by atomic mass is 35.5. The van der Waals surface area contributed by atoms with Crippen molar-refractivity contribution in [3.8, 4) is 0 Å². The number of rotatable bonds is 5. The molecule has 0 bridgehead atoms. The van der Waals surface area contributed by atoms with Crippen LogP contribution in [0, 0.1) is 0 Å². The summed E-state index contributed by atoms with van der Waals surface area (Å²) >= 11 is 5.52. The van der Waals surface area contributed by atoms with Gasteiger partial charge in [-0.15, -0.1) is 0 Å². The highest BCUT2D eigenvalue weighted by molar-refractivity contribution is 6.20. The molecule has 0 rings (SSSR count). The molecule has 0 amide bonds. The van der Waals surface area contributed by atoms with Gasteiger partial charge in [0, 0.05) is 13.5 Å². The summed E-state index contributed by atoms with van der Waals surface area (Å²) < 4.78 is 9.31. The Morgan fingerprint density at radius 1 is 1.70 bits per heavy atom. The average molecular weight is 167 g/mol. The lowest BCUT2D eigenvalue weighted by Gasteiger charge is -2.11. The Labute approximate surface area is 65.3 Å². The van der Waals surface area contributed by atoms with Crippen LogP contribution in [0.4, 0.5) is 0 Å². The SMILES string of the molecule is COC(C)CC(Cl)OC=O. The molecule has 10 heavy (non-hydrogen) atoms. The highest BCUT2D eigenvalue weighted by Crippen LogP contribution is 2.07. The van der Waals surface area contributed by atoms with Crippen molar-refractivity contribution in [2.75, 3.05) is 7.11 Å². The maximum absolute atomic E-state index is 9.74. The van der Waals surface area contributed by atoms with Gasteiger partial charge in [0.1, 0.15) is 0 Å². The Kier molecular flexibility index (Phi) is 5.35. The molecule has 0 N–H and O–H groups in total. The van der Waals surface area contributed by atoms with Crippen LogP contribution < -0.4 is 0 Å². The van der Waals surface area contributed by atoms with Crippen LogP contribution >= 0.6 is 11.6 Å². The fourth-order valence-electron chi connectivity index (χ4n) is 0.473. The Bertz CT molecular complexity index is 97.0. The van der Waals surface area contributed by atoms with Crippen LogP contribution in [-0.2, 0) is 14.3 Å². The van der Waals surface area contributed by atoms with E-state index in [0.29, 0.717) is 12.9 Å². The standard InChI is InChI=1S/C6H11ClO3/c1-5(9-2)3-6(7)10-4-8/h4-6H,3H2,1-2H3. The lowest BCUT2D eigenvalue weighted by atomic mass is 10.3. The smallest absolute Gasteiger partial charge is 0.294 e. The normalized spacial score (nSPS) is 15.9. The van der Waals surface area contributed by atoms with Gasteiger partial charge >= 0.3 is 0 Å². The fraction of sp³-hybridized carbons (Fsp3) is 0.833. The average Bonchev–Trinajstić information content (AvgIpc) is 1.88. The molecule has 0 radical (unpaired) electrons. The highest BCUT2D eigenvalue weighted by Gasteiger charge is 2.09. The molecule has 2 unspecified atom stereocenters. The number of carbonyl (C=O) groups is 1. The van der Waals surface area contributed by atoms with Crippen LogP contribution in [0.25, 0.3) is 0 Å². The number of halogens is 1. The molecule has 0 saturated carbocycles. The molecule has 0 aliphatic carbocycles. The summed E-state index contributed by atoms with van der Waals surface area (Å²) in [6, 6.07) is 0. The summed E-state index contributed by atoms with van der Waals surface area (Å²) in [5, 5.41) is 0. The van der Waals surface area contributed by atoms with E-state index in [1.54, 1.807) is 7.11 Å². The summed E-state index contributed by atoms with van der Waals surface area (Å²) in [4.78, 5) is 9.74. The predicted molar refractivity (Wildman–Crippen MR) is 37.9 cm³/mol.